The van der Waals surface area contributed by atoms with Gasteiger partial charge in [-0.2, -0.15) is 0 Å². The van der Waals surface area contributed by atoms with Crippen molar-refractivity contribution in [3.8, 4) is 5.75 Å². The van der Waals surface area contributed by atoms with Crippen molar-refractivity contribution in [2.24, 2.45) is 0 Å². The molecular formula is C13H12O2P. The third-order valence-electron chi connectivity index (χ3n) is 2.20. The van der Waals surface area contributed by atoms with Gasteiger partial charge in [-0.05, 0) is 23.8 Å². The van der Waals surface area contributed by atoms with Crippen LogP contribution >= 0.6 is 8.46 Å². The molecule has 2 rings (SSSR count). The summed E-state index contributed by atoms with van der Waals surface area (Å²) < 4.78 is 16.3. The lowest BCUT2D eigenvalue weighted by molar-refractivity contribution is 0.306. The van der Waals surface area contributed by atoms with Crippen LogP contribution < -0.4 is 10.0 Å². The number of hydrogen-bond acceptors (Lipinski definition) is 2. The average molecular weight is 231 g/mol. The van der Waals surface area contributed by atoms with Crippen molar-refractivity contribution in [1.82, 2.24) is 0 Å². The Morgan fingerprint density at radius 1 is 1.00 bits per heavy atom. The molecule has 1 radical (unpaired) electrons. The van der Waals surface area contributed by atoms with Gasteiger partial charge in [0.05, 0.1) is 8.46 Å². The molecule has 16 heavy (non-hydrogen) atoms. The standard InChI is InChI=1S/C13H12O2P/c14-16-13-8-4-7-12(9-13)15-10-11-5-2-1-3-6-11/h1-9,16H,10H2. The van der Waals surface area contributed by atoms with Crippen LogP contribution in [0.15, 0.2) is 54.6 Å². The lowest BCUT2D eigenvalue weighted by Gasteiger charge is -2.06. The fraction of sp³-hybridized carbons (Fsp3) is 0.0769. The van der Waals surface area contributed by atoms with Gasteiger partial charge in [-0.15, -0.1) is 0 Å². The quantitative estimate of drug-likeness (QED) is 0.756. The van der Waals surface area contributed by atoms with E-state index in [1.165, 1.54) is 0 Å². The summed E-state index contributed by atoms with van der Waals surface area (Å²) in [6.07, 6.45) is 0. The van der Waals surface area contributed by atoms with Gasteiger partial charge in [0.2, 0.25) is 0 Å². The maximum Gasteiger partial charge on any atom is 0.120 e. The summed E-state index contributed by atoms with van der Waals surface area (Å²) in [5.74, 6) is 0.754. The van der Waals surface area contributed by atoms with E-state index in [9.17, 15) is 4.57 Å². The second-order valence-corrected chi connectivity index (χ2v) is 4.19. The molecule has 3 heteroatoms. The van der Waals surface area contributed by atoms with Crippen molar-refractivity contribution in [3.05, 3.63) is 60.2 Å². The van der Waals surface area contributed by atoms with E-state index in [-0.39, 0.29) is 0 Å². The van der Waals surface area contributed by atoms with Gasteiger partial charge < -0.3 is 4.74 Å². The van der Waals surface area contributed by atoms with E-state index < -0.39 is 8.46 Å². The van der Waals surface area contributed by atoms with Crippen molar-refractivity contribution < 1.29 is 9.30 Å². The molecule has 2 nitrogen and oxygen atoms in total. The highest BCUT2D eigenvalue weighted by Gasteiger charge is 1.96. The molecule has 1 atom stereocenters. The van der Waals surface area contributed by atoms with Gasteiger partial charge in [0.1, 0.15) is 12.4 Å². The SMILES string of the molecule is O=[PH]c1cccc(OCc2ccccc2)c1. The van der Waals surface area contributed by atoms with Crippen molar-refractivity contribution in [2.45, 2.75) is 6.61 Å². The highest BCUT2D eigenvalue weighted by Crippen LogP contribution is 2.12. The topological polar surface area (TPSA) is 26.3 Å². The molecule has 81 valence electrons. The monoisotopic (exact) mass is 231 g/mol. The van der Waals surface area contributed by atoms with E-state index in [2.05, 4.69) is 0 Å². The first-order chi connectivity index (χ1) is 7.88. The van der Waals surface area contributed by atoms with Gasteiger partial charge in [0, 0.05) is 5.30 Å². The summed E-state index contributed by atoms with van der Waals surface area (Å²) in [4.78, 5) is 0. The van der Waals surface area contributed by atoms with E-state index >= 15 is 0 Å². The molecule has 0 aliphatic heterocycles. The van der Waals surface area contributed by atoms with Crippen LogP contribution in [0.2, 0.25) is 0 Å². The molecule has 0 bridgehead atoms. The van der Waals surface area contributed by atoms with Gasteiger partial charge >= 0.3 is 0 Å². The molecule has 1 unspecified atom stereocenters. The zero-order valence-electron chi connectivity index (χ0n) is 8.72. The van der Waals surface area contributed by atoms with E-state index in [0.717, 1.165) is 16.6 Å². The molecule has 0 saturated heterocycles. The Hall–Kier alpha value is -1.66. The molecule has 0 fully saturated rings. The molecule has 0 heterocycles. The Morgan fingerprint density at radius 2 is 1.81 bits per heavy atom. The summed E-state index contributed by atoms with van der Waals surface area (Å²) in [5, 5.41) is 0.783. The predicted molar refractivity (Wildman–Crippen MR) is 65.9 cm³/mol. The van der Waals surface area contributed by atoms with E-state index in [0.29, 0.717) is 6.61 Å². The smallest absolute Gasteiger partial charge is 0.120 e. The fourth-order valence-electron chi connectivity index (χ4n) is 1.39. The van der Waals surface area contributed by atoms with E-state index in [4.69, 9.17) is 4.74 Å². The average Bonchev–Trinajstić information content (AvgIpc) is 2.38. The number of rotatable bonds is 4. The lowest BCUT2D eigenvalue weighted by atomic mass is 10.2. The number of hydrogen-bond donors (Lipinski definition) is 0. The zero-order chi connectivity index (χ0) is 11.2. The molecule has 0 saturated carbocycles. The van der Waals surface area contributed by atoms with E-state index in [1.807, 2.05) is 48.5 Å². The summed E-state index contributed by atoms with van der Waals surface area (Å²) in [7, 11) is -0.433. The highest BCUT2D eigenvalue weighted by molar-refractivity contribution is 7.34. The van der Waals surface area contributed by atoms with E-state index in [1.54, 1.807) is 6.07 Å². The third-order valence-corrected chi connectivity index (χ3v) is 2.75. The Labute approximate surface area is 96.1 Å². The van der Waals surface area contributed by atoms with Gasteiger partial charge in [-0.25, -0.2) is 0 Å². The predicted octanol–water partition coefficient (Wildman–Crippen LogP) is 2.91. The Morgan fingerprint density at radius 3 is 2.56 bits per heavy atom. The molecule has 0 aromatic heterocycles. The molecule has 0 N–H and O–H groups in total. The Balaban J connectivity index is 2.02. The largest absolute Gasteiger partial charge is 0.489 e. The maximum absolute atomic E-state index is 10.7. The summed E-state index contributed by atoms with van der Waals surface area (Å²) in [6.45, 7) is 0.534. The van der Waals surface area contributed by atoms with Crippen LogP contribution in [0.1, 0.15) is 5.56 Å². The van der Waals surface area contributed by atoms with Crippen LogP contribution in [-0.2, 0) is 11.2 Å². The van der Waals surface area contributed by atoms with Crippen molar-refractivity contribution >= 4 is 13.8 Å². The minimum Gasteiger partial charge on any atom is -0.489 e. The molecular weight excluding hydrogens is 219 g/mol. The first kappa shape index (κ1) is 10.8. The van der Waals surface area contributed by atoms with Crippen molar-refractivity contribution in [1.29, 1.82) is 0 Å². The Kier molecular flexibility index (Phi) is 3.68. The summed E-state index contributed by atoms with van der Waals surface area (Å²) >= 11 is 0. The van der Waals surface area contributed by atoms with Crippen LogP contribution in [0, 0.1) is 0 Å². The van der Waals surface area contributed by atoms with Gasteiger partial charge in [0.15, 0.2) is 0 Å². The fourth-order valence-corrected chi connectivity index (χ4v) is 1.76. The van der Waals surface area contributed by atoms with Gasteiger partial charge in [-0.3, -0.25) is 4.57 Å². The molecule has 0 aliphatic rings. The van der Waals surface area contributed by atoms with Crippen LogP contribution in [0.25, 0.3) is 0 Å². The number of ether oxygens (including phenoxy) is 1. The molecule has 2 aromatic rings. The maximum atomic E-state index is 10.7. The number of benzene rings is 2. The summed E-state index contributed by atoms with van der Waals surface area (Å²) in [6, 6.07) is 17.3. The molecule has 0 amide bonds. The van der Waals surface area contributed by atoms with Crippen LogP contribution in [0.5, 0.6) is 5.75 Å². The van der Waals surface area contributed by atoms with Crippen molar-refractivity contribution in [2.75, 3.05) is 0 Å². The highest BCUT2D eigenvalue weighted by atomic mass is 31.1. The zero-order valence-corrected chi connectivity index (χ0v) is 9.72. The van der Waals surface area contributed by atoms with Crippen LogP contribution in [0.3, 0.4) is 0 Å². The minimum atomic E-state index is -0.433. The second kappa shape index (κ2) is 5.43. The second-order valence-electron chi connectivity index (χ2n) is 3.40. The normalized spacial score (nSPS) is 10.2. The molecule has 0 spiro atoms. The van der Waals surface area contributed by atoms with Crippen LogP contribution in [0.4, 0.5) is 0 Å². The lowest BCUT2D eigenvalue weighted by Crippen LogP contribution is -1.97. The molecule has 2 aromatic carbocycles. The summed E-state index contributed by atoms with van der Waals surface area (Å²) in [5.41, 5.74) is 1.12. The first-order valence-corrected chi connectivity index (χ1v) is 5.94. The van der Waals surface area contributed by atoms with Gasteiger partial charge in [0.25, 0.3) is 0 Å². The first-order valence-electron chi connectivity index (χ1n) is 5.03. The Bertz CT molecular complexity index is 468. The van der Waals surface area contributed by atoms with Crippen molar-refractivity contribution in [3.63, 3.8) is 0 Å². The third kappa shape index (κ3) is 2.91. The van der Waals surface area contributed by atoms with Gasteiger partial charge in [-0.1, -0.05) is 36.4 Å². The minimum absolute atomic E-state index is 0.433. The molecule has 0 aliphatic carbocycles. The van der Waals surface area contributed by atoms with Crippen LogP contribution in [-0.4, -0.2) is 0 Å².